The Morgan fingerprint density at radius 2 is 1.77 bits per heavy atom. The molecule has 0 aliphatic carbocycles. The molecule has 2 aromatic carbocycles. The van der Waals surface area contributed by atoms with Crippen molar-refractivity contribution in [3.05, 3.63) is 82.3 Å². The van der Waals surface area contributed by atoms with Crippen molar-refractivity contribution in [2.24, 2.45) is 0 Å². The molecule has 228 valence electrons. The zero-order valence-electron chi connectivity index (χ0n) is 22.1. The van der Waals surface area contributed by atoms with Crippen molar-refractivity contribution < 1.29 is 34.8 Å². The van der Waals surface area contributed by atoms with Gasteiger partial charge in [0.15, 0.2) is 11.6 Å². The lowest BCUT2D eigenvalue weighted by Crippen LogP contribution is -2.44. The topological polar surface area (TPSA) is 118 Å². The van der Waals surface area contributed by atoms with Crippen LogP contribution in [0.3, 0.4) is 0 Å². The number of rotatable bonds is 8. The number of halogens is 6. The van der Waals surface area contributed by atoms with Crippen LogP contribution in [0.25, 0.3) is 22.2 Å². The van der Waals surface area contributed by atoms with Gasteiger partial charge in [0.05, 0.1) is 17.0 Å². The van der Waals surface area contributed by atoms with Crippen LogP contribution in [0, 0.1) is 11.6 Å². The molecule has 5 rings (SSSR count). The van der Waals surface area contributed by atoms with E-state index in [1.165, 1.54) is 12.1 Å². The second-order valence-electron chi connectivity index (χ2n) is 10.0. The Hall–Kier alpha value is -4.18. The molecule has 16 heteroatoms. The van der Waals surface area contributed by atoms with Gasteiger partial charge in [0.1, 0.15) is 18.4 Å². The number of anilines is 2. The van der Waals surface area contributed by atoms with Crippen LogP contribution in [0.1, 0.15) is 12.0 Å². The minimum Gasteiger partial charge on any atom is -0.350 e. The van der Waals surface area contributed by atoms with Gasteiger partial charge in [-0.05, 0) is 23.8 Å². The molecule has 0 saturated carbocycles. The normalized spacial score (nSPS) is 17.6. The lowest BCUT2D eigenvalue weighted by atomic mass is 10.0. The number of fused-ring (bicyclic) bond motifs is 1. The van der Waals surface area contributed by atoms with Crippen LogP contribution < -0.4 is 20.9 Å². The molecule has 2 aromatic heterocycles. The molecule has 43 heavy (non-hydrogen) atoms. The van der Waals surface area contributed by atoms with E-state index in [2.05, 4.69) is 20.6 Å². The molecule has 2 atom stereocenters. The highest BCUT2D eigenvalue weighted by Crippen LogP contribution is 2.30. The van der Waals surface area contributed by atoms with E-state index in [0.717, 1.165) is 24.4 Å². The third kappa shape index (κ3) is 7.07. The number of pyridine rings is 1. The van der Waals surface area contributed by atoms with Crippen molar-refractivity contribution in [3.63, 3.8) is 0 Å². The third-order valence-electron chi connectivity index (χ3n) is 6.63. The number of aromatic nitrogens is 3. The van der Waals surface area contributed by atoms with Crippen LogP contribution >= 0.6 is 0 Å². The Morgan fingerprint density at radius 3 is 2.47 bits per heavy atom. The second kappa shape index (κ2) is 11.8. The molecule has 4 aromatic rings. The fraction of sp³-hybridized carbons (Fsp3) is 0.296. The zero-order valence-corrected chi connectivity index (χ0v) is 22.9. The van der Waals surface area contributed by atoms with Crippen molar-refractivity contribution in [3.8, 4) is 11.1 Å². The van der Waals surface area contributed by atoms with Gasteiger partial charge in [-0.25, -0.2) is 26.6 Å². The number of sulfonamides is 1. The van der Waals surface area contributed by atoms with Crippen molar-refractivity contribution in [1.82, 2.24) is 19.9 Å². The van der Waals surface area contributed by atoms with Crippen LogP contribution in [0.5, 0.6) is 0 Å². The van der Waals surface area contributed by atoms with E-state index < -0.39 is 80.4 Å². The second-order valence-corrected chi connectivity index (χ2v) is 11.7. The molecular weight excluding hydrogens is 602 g/mol. The van der Waals surface area contributed by atoms with Crippen LogP contribution in [0.15, 0.2) is 59.5 Å². The third-order valence-corrected chi connectivity index (χ3v) is 7.88. The zero-order chi connectivity index (χ0) is 30.9. The van der Waals surface area contributed by atoms with Gasteiger partial charge in [-0.1, -0.05) is 30.3 Å². The first kappa shape index (κ1) is 30.3. The van der Waals surface area contributed by atoms with Gasteiger partial charge in [-0.15, -0.1) is 0 Å². The molecule has 0 unspecified atom stereocenters. The van der Waals surface area contributed by atoms with Gasteiger partial charge >= 0.3 is 6.18 Å². The lowest BCUT2D eigenvalue weighted by molar-refractivity contribution is -0.140. The monoisotopic (exact) mass is 626 g/mol. The number of hydrogen-bond donors (Lipinski definition) is 3. The summed E-state index contributed by atoms with van der Waals surface area (Å²) in [4.78, 5) is 21.4. The van der Waals surface area contributed by atoms with Crippen molar-refractivity contribution in [1.29, 1.82) is 0 Å². The lowest BCUT2D eigenvalue weighted by Gasteiger charge is -2.26. The van der Waals surface area contributed by atoms with Gasteiger partial charge in [0.2, 0.25) is 16.0 Å². The standard InChI is InChI=1S/C27H24F6N6O3S/c28-17-9-18(12-34-11-17)36-26-35-10-16-8-20(25(40)39(24(16)37-26)14-27(31,32)33)19-6-7-21(23(30)22(19)29)38-43(41,42)13-15-4-2-1-3-5-15/h1-8,10,17-18,34,38H,9,11-14H2,(H,35,36,37)/t17-,18-/m0/s1. The van der Waals surface area contributed by atoms with Gasteiger partial charge in [0.25, 0.3) is 5.56 Å². The first-order valence-electron chi connectivity index (χ1n) is 12.9. The Morgan fingerprint density at radius 1 is 1.02 bits per heavy atom. The summed E-state index contributed by atoms with van der Waals surface area (Å²) < 4.78 is 112. The molecule has 1 fully saturated rings. The summed E-state index contributed by atoms with van der Waals surface area (Å²) >= 11 is 0. The van der Waals surface area contributed by atoms with E-state index in [1.807, 2.05) is 4.72 Å². The van der Waals surface area contributed by atoms with Crippen molar-refractivity contribution >= 4 is 32.7 Å². The quantitative estimate of drug-likeness (QED) is 0.249. The smallest absolute Gasteiger partial charge is 0.350 e. The first-order chi connectivity index (χ1) is 20.3. The van der Waals surface area contributed by atoms with Crippen LogP contribution in [0.2, 0.25) is 0 Å². The molecule has 3 heterocycles. The summed E-state index contributed by atoms with van der Waals surface area (Å²) in [5, 5.41) is 5.59. The summed E-state index contributed by atoms with van der Waals surface area (Å²) in [6, 6.07) is 10.2. The molecule has 1 saturated heterocycles. The van der Waals surface area contributed by atoms with Gasteiger partial charge in [-0.2, -0.15) is 18.2 Å². The molecule has 0 radical (unpaired) electrons. The molecule has 0 bridgehead atoms. The average Bonchev–Trinajstić information content (AvgIpc) is 2.93. The maximum absolute atomic E-state index is 15.3. The number of alkyl halides is 4. The molecule has 0 spiro atoms. The van der Waals surface area contributed by atoms with E-state index in [0.29, 0.717) is 12.1 Å². The number of nitrogens with one attached hydrogen (secondary N) is 3. The summed E-state index contributed by atoms with van der Waals surface area (Å²) in [6.07, 6.45) is -4.85. The van der Waals surface area contributed by atoms with Gasteiger partial charge < -0.3 is 10.6 Å². The molecule has 1 aliphatic rings. The Balaban J connectivity index is 1.52. The largest absolute Gasteiger partial charge is 0.406 e. The summed E-state index contributed by atoms with van der Waals surface area (Å²) in [5.74, 6) is -3.99. The fourth-order valence-corrected chi connectivity index (χ4v) is 5.96. The van der Waals surface area contributed by atoms with Crippen LogP contribution in [-0.4, -0.2) is 54.4 Å². The van der Waals surface area contributed by atoms with Crippen LogP contribution in [0.4, 0.5) is 38.0 Å². The van der Waals surface area contributed by atoms with E-state index >= 15 is 8.78 Å². The molecule has 3 N–H and O–H groups in total. The van der Waals surface area contributed by atoms with E-state index in [-0.39, 0.29) is 28.9 Å². The number of hydrogen-bond acceptors (Lipinski definition) is 7. The summed E-state index contributed by atoms with van der Waals surface area (Å²) in [6.45, 7) is -1.30. The first-order valence-corrected chi connectivity index (χ1v) is 14.6. The van der Waals surface area contributed by atoms with Crippen molar-refractivity contribution in [2.75, 3.05) is 23.1 Å². The minimum atomic E-state index is -4.90. The highest BCUT2D eigenvalue weighted by Gasteiger charge is 2.31. The predicted octanol–water partition coefficient (Wildman–Crippen LogP) is 4.35. The average molecular weight is 627 g/mol. The fourth-order valence-electron chi connectivity index (χ4n) is 4.76. The SMILES string of the molecule is O=c1c(-c2ccc(NS(=O)(=O)Cc3ccccc3)c(F)c2F)cc2cnc(N[C@@H]3CNC[C@@H](F)C3)nc2n1CC(F)(F)F. The Bertz CT molecular complexity index is 1820. The Labute approximate surface area is 241 Å². The van der Waals surface area contributed by atoms with E-state index in [1.54, 1.807) is 18.2 Å². The highest BCUT2D eigenvalue weighted by atomic mass is 32.2. The summed E-state index contributed by atoms with van der Waals surface area (Å²) in [7, 11) is -4.18. The number of piperidine rings is 1. The molecule has 9 nitrogen and oxygen atoms in total. The maximum atomic E-state index is 15.3. The van der Waals surface area contributed by atoms with Crippen molar-refractivity contribution in [2.45, 2.75) is 37.1 Å². The maximum Gasteiger partial charge on any atom is 0.406 e. The van der Waals surface area contributed by atoms with E-state index in [4.69, 9.17) is 0 Å². The number of nitrogens with zero attached hydrogens (tertiary/aromatic N) is 3. The minimum absolute atomic E-state index is 0.0954. The molecule has 1 aliphatic heterocycles. The summed E-state index contributed by atoms with van der Waals surface area (Å²) in [5.41, 5.74) is -3.45. The highest BCUT2D eigenvalue weighted by molar-refractivity contribution is 7.91. The van der Waals surface area contributed by atoms with Gasteiger partial charge in [-0.3, -0.25) is 14.1 Å². The van der Waals surface area contributed by atoms with E-state index in [9.17, 15) is 30.8 Å². The predicted molar refractivity (Wildman–Crippen MR) is 148 cm³/mol. The number of benzene rings is 2. The molecular formula is C27H24F6N6O3S. The van der Waals surface area contributed by atoms with Crippen LogP contribution in [-0.2, 0) is 22.3 Å². The Kier molecular flexibility index (Phi) is 8.34. The van der Waals surface area contributed by atoms with Gasteiger partial charge in [0, 0.05) is 42.7 Å². The molecule has 0 amide bonds.